The summed E-state index contributed by atoms with van der Waals surface area (Å²) in [5.41, 5.74) is 9.86. The zero-order valence-electron chi connectivity index (χ0n) is 16.4. The molecule has 2 rings (SSSR count). The number of amides is 3. The highest BCUT2D eigenvalue weighted by Gasteiger charge is 2.18. The Morgan fingerprint density at radius 3 is 2.41 bits per heavy atom. The van der Waals surface area contributed by atoms with Crippen molar-refractivity contribution in [2.45, 2.75) is 39.7 Å². The molecule has 1 atom stereocenters. The van der Waals surface area contributed by atoms with E-state index in [0.29, 0.717) is 13.1 Å². The fraction of sp³-hybridized carbons (Fsp3) is 0.364. The number of aryl methyl sites for hydroxylation is 2. The van der Waals surface area contributed by atoms with E-state index in [2.05, 4.69) is 18.3 Å². The Morgan fingerprint density at radius 2 is 1.78 bits per heavy atom. The molecule has 144 valence electrons. The van der Waals surface area contributed by atoms with Gasteiger partial charge in [-0.2, -0.15) is 0 Å². The van der Waals surface area contributed by atoms with E-state index in [-0.39, 0.29) is 18.5 Å². The van der Waals surface area contributed by atoms with Crippen molar-refractivity contribution < 1.29 is 9.59 Å². The van der Waals surface area contributed by atoms with E-state index in [4.69, 9.17) is 5.73 Å². The van der Waals surface area contributed by atoms with Crippen LogP contribution in [0.1, 0.15) is 41.6 Å². The molecular formula is C22H29N3O2. The van der Waals surface area contributed by atoms with Crippen molar-refractivity contribution in [2.75, 3.05) is 13.1 Å². The zero-order valence-corrected chi connectivity index (χ0v) is 16.4. The Bertz CT molecular complexity index is 774. The molecule has 0 aliphatic rings. The van der Waals surface area contributed by atoms with Gasteiger partial charge in [-0.1, -0.05) is 54.1 Å². The van der Waals surface area contributed by atoms with Crippen LogP contribution in [0.3, 0.4) is 0 Å². The number of carbonyl (C=O) groups is 2. The van der Waals surface area contributed by atoms with Crippen molar-refractivity contribution in [1.82, 2.24) is 10.2 Å². The topological polar surface area (TPSA) is 75.4 Å². The van der Waals surface area contributed by atoms with Gasteiger partial charge in [0.25, 0.3) is 0 Å². The number of hydrogen-bond acceptors (Lipinski definition) is 2. The number of rotatable bonds is 8. The molecule has 0 aliphatic carbocycles. The van der Waals surface area contributed by atoms with Crippen molar-refractivity contribution in [2.24, 2.45) is 5.73 Å². The minimum absolute atomic E-state index is 0.120. The molecule has 0 heterocycles. The molecule has 0 aliphatic heterocycles. The molecule has 5 heteroatoms. The first-order chi connectivity index (χ1) is 12.9. The van der Waals surface area contributed by atoms with Gasteiger partial charge in [0.1, 0.15) is 0 Å². The third-order valence-corrected chi connectivity index (χ3v) is 4.66. The van der Waals surface area contributed by atoms with Gasteiger partial charge in [-0.05, 0) is 43.9 Å². The van der Waals surface area contributed by atoms with E-state index in [1.807, 2.05) is 56.3 Å². The highest BCUT2D eigenvalue weighted by molar-refractivity contribution is 5.77. The Labute approximate surface area is 161 Å². The van der Waals surface area contributed by atoms with Gasteiger partial charge in [-0.15, -0.1) is 0 Å². The molecule has 0 aromatic heterocycles. The average molecular weight is 367 g/mol. The monoisotopic (exact) mass is 367 g/mol. The first-order valence-corrected chi connectivity index (χ1v) is 9.31. The molecule has 0 fully saturated rings. The molecule has 0 unspecified atom stereocenters. The highest BCUT2D eigenvalue weighted by Crippen LogP contribution is 2.19. The summed E-state index contributed by atoms with van der Waals surface area (Å²) in [6.07, 6.45) is 0.880. The summed E-state index contributed by atoms with van der Waals surface area (Å²) < 4.78 is 0. The van der Waals surface area contributed by atoms with E-state index < -0.39 is 5.91 Å². The van der Waals surface area contributed by atoms with Gasteiger partial charge in [-0.25, -0.2) is 4.79 Å². The number of nitrogens with two attached hydrogens (primary N) is 1. The normalized spacial score (nSPS) is 11.7. The molecule has 0 saturated heterocycles. The van der Waals surface area contributed by atoms with E-state index in [1.165, 1.54) is 5.56 Å². The van der Waals surface area contributed by atoms with E-state index in [9.17, 15) is 9.59 Å². The molecule has 0 spiro atoms. The predicted molar refractivity (Wildman–Crippen MR) is 108 cm³/mol. The van der Waals surface area contributed by atoms with Crippen molar-refractivity contribution in [3.05, 3.63) is 70.8 Å². The van der Waals surface area contributed by atoms with Gasteiger partial charge in [0.05, 0.1) is 6.04 Å². The van der Waals surface area contributed by atoms with Crippen LogP contribution < -0.4 is 11.1 Å². The van der Waals surface area contributed by atoms with E-state index >= 15 is 0 Å². The summed E-state index contributed by atoms with van der Waals surface area (Å²) in [7, 11) is 0. The summed E-state index contributed by atoms with van der Waals surface area (Å²) in [5.74, 6) is -0.407. The van der Waals surface area contributed by atoms with E-state index in [1.54, 1.807) is 4.90 Å². The van der Waals surface area contributed by atoms with Gasteiger partial charge >= 0.3 is 6.03 Å². The molecule has 2 aromatic rings. The summed E-state index contributed by atoms with van der Waals surface area (Å²) in [6.45, 7) is 6.91. The van der Waals surface area contributed by atoms with Gasteiger partial charge in [0, 0.05) is 19.5 Å². The molecular weight excluding hydrogens is 338 g/mol. The van der Waals surface area contributed by atoms with Crippen LogP contribution in [0.5, 0.6) is 0 Å². The van der Waals surface area contributed by atoms with Crippen LogP contribution in [0, 0.1) is 13.8 Å². The largest absolute Gasteiger partial charge is 0.370 e. The van der Waals surface area contributed by atoms with Crippen LogP contribution >= 0.6 is 0 Å². The second-order valence-corrected chi connectivity index (χ2v) is 6.97. The Kier molecular flexibility index (Phi) is 7.41. The minimum atomic E-state index is -0.407. The van der Waals surface area contributed by atoms with Crippen molar-refractivity contribution >= 4 is 11.9 Å². The van der Waals surface area contributed by atoms with Crippen molar-refractivity contribution in [3.63, 3.8) is 0 Å². The lowest BCUT2D eigenvalue weighted by molar-refractivity contribution is -0.118. The molecule has 3 amide bonds. The first kappa shape index (κ1) is 20.5. The quantitative estimate of drug-likeness (QED) is 0.749. The van der Waals surface area contributed by atoms with E-state index in [0.717, 1.165) is 23.1 Å². The molecule has 3 N–H and O–H groups in total. The third kappa shape index (κ3) is 6.44. The van der Waals surface area contributed by atoms with Gasteiger partial charge in [0.2, 0.25) is 5.91 Å². The van der Waals surface area contributed by atoms with Gasteiger partial charge in [0.15, 0.2) is 0 Å². The van der Waals surface area contributed by atoms with Crippen LogP contribution in [0.2, 0.25) is 0 Å². The Balaban J connectivity index is 2.03. The lowest BCUT2D eigenvalue weighted by Crippen LogP contribution is -2.43. The summed E-state index contributed by atoms with van der Waals surface area (Å²) >= 11 is 0. The smallest absolute Gasteiger partial charge is 0.317 e. The number of nitrogens with one attached hydrogen (secondary N) is 1. The van der Waals surface area contributed by atoms with Crippen LogP contribution in [-0.4, -0.2) is 29.9 Å². The number of hydrogen-bond donors (Lipinski definition) is 2. The summed E-state index contributed by atoms with van der Waals surface area (Å²) in [4.78, 5) is 25.7. The lowest BCUT2D eigenvalue weighted by atomic mass is 10.0. The number of nitrogens with zero attached hydrogens (tertiary/aromatic N) is 1. The molecule has 2 aromatic carbocycles. The van der Waals surface area contributed by atoms with Crippen molar-refractivity contribution in [1.29, 1.82) is 0 Å². The molecule has 27 heavy (non-hydrogen) atoms. The number of benzene rings is 2. The maximum Gasteiger partial charge on any atom is 0.317 e. The van der Waals surface area contributed by atoms with Crippen LogP contribution in [0.4, 0.5) is 4.79 Å². The lowest BCUT2D eigenvalue weighted by Gasteiger charge is -2.26. The number of carbonyl (C=O) groups excluding carboxylic acids is 2. The maximum absolute atomic E-state index is 12.8. The second kappa shape index (κ2) is 9.76. The molecule has 0 radical (unpaired) electrons. The van der Waals surface area contributed by atoms with Gasteiger partial charge in [-0.3, -0.25) is 4.79 Å². The predicted octanol–water partition coefficient (Wildman–Crippen LogP) is 3.49. The minimum Gasteiger partial charge on any atom is -0.370 e. The SMILES string of the molecule is Cc1ccc([C@@H](C)NC(=O)N(CCC(N)=O)CCc2ccccc2)c(C)c1. The van der Waals surface area contributed by atoms with Crippen LogP contribution in [0.25, 0.3) is 0 Å². The third-order valence-electron chi connectivity index (χ3n) is 4.66. The van der Waals surface area contributed by atoms with Crippen molar-refractivity contribution in [3.8, 4) is 0 Å². The molecule has 0 saturated carbocycles. The Hall–Kier alpha value is -2.82. The van der Waals surface area contributed by atoms with Crippen LogP contribution in [0.15, 0.2) is 48.5 Å². The number of urea groups is 1. The fourth-order valence-electron chi connectivity index (χ4n) is 3.13. The Morgan fingerprint density at radius 1 is 1.07 bits per heavy atom. The fourth-order valence-corrected chi connectivity index (χ4v) is 3.13. The number of primary amides is 1. The highest BCUT2D eigenvalue weighted by atomic mass is 16.2. The first-order valence-electron chi connectivity index (χ1n) is 9.31. The second-order valence-electron chi connectivity index (χ2n) is 6.97. The molecule has 0 bridgehead atoms. The average Bonchev–Trinajstić information content (AvgIpc) is 2.62. The maximum atomic E-state index is 12.8. The van der Waals surface area contributed by atoms with Gasteiger partial charge < -0.3 is 16.0 Å². The summed E-state index contributed by atoms with van der Waals surface area (Å²) in [6, 6.07) is 15.9. The summed E-state index contributed by atoms with van der Waals surface area (Å²) in [5, 5.41) is 3.05. The molecule has 5 nitrogen and oxygen atoms in total. The zero-order chi connectivity index (χ0) is 19.8. The van der Waals surface area contributed by atoms with Crippen LogP contribution in [-0.2, 0) is 11.2 Å². The standard InChI is InChI=1S/C22H29N3O2/c1-16-9-10-20(17(2)15-16)18(3)24-22(27)25(14-12-21(23)26)13-11-19-7-5-4-6-8-19/h4-10,15,18H,11-14H2,1-3H3,(H2,23,26)(H,24,27)/t18-/m1/s1.